The lowest BCUT2D eigenvalue weighted by molar-refractivity contribution is 0.471. The second-order valence-corrected chi connectivity index (χ2v) is 19.3. The summed E-state index contributed by atoms with van der Waals surface area (Å²) < 4.78 is 0. The van der Waals surface area contributed by atoms with Crippen molar-refractivity contribution < 1.29 is 10.2 Å². The van der Waals surface area contributed by atoms with E-state index in [4.69, 9.17) is 0 Å². The zero-order valence-corrected chi connectivity index (χ0v) is 34.9. The Morgan fingerprint density at radius 2 is 0.714 bits per heavy atom. The van der Waals surface area contributed by atoms with Crippen molar-refractivity contribution in [1.82, 2.24) is 0 Å². The van der Waals surface area contributed by atoms with E-state index in [0.717, 1.165) is 77.9 Å². The first-order valence-corrected chi connectivity index (χ1v) is 21.9. The van der Waals surface area contributed by atoms with Crippen LogP contribution < -0.4 is 0 Å². The summed E-state index contributed by atoms with van der Waals surface area (Å²) in [6.07, 6.45) is 0. The molecule has 2 nitrogen and oxygen atoms in total. The van der Waals surface area contributed by atoms with Crippen LogP contribution in [0.5, 0.6) is 11.5 Å². The minimum absolute atomic E-state index is 0.0844. The summed E-state index contributed by atoms with van der Waals surface area (Å²) in [4.78, 5) is 0. The zero-order valence-electron chi connectivity index (χ0n) is 33.2. The molecule has 2 N–H and O–H groups in total. The van der Waals surface area contributed by atoms with Crippen LogP contribution in [-0.2, 0) is 22.3 Å². The summed E-state index contributed by atoms with van der Waals surface area (Å²) in [6, 6.07) is 47.4. The van der Waals surface area contributed by atoms with Crippen LogP contribution >= 0.6 is 23.5 Å². The maximum absolute atomic E-state index is 12.0. The molecule has 0 aromatic heterocycles. The molecule has 0 aliphatic heterocycles. The Hall–Kier alpha value is -4.90. The first-order chi connectivity index (χ1) is 26.9. The van der Waals surface area contributed by atoms with Crippen molar-refractivity contribution in [2.45, 2.75) is 63.9 Å². The van der Waals surface area contributed by atoms with Crippen molar-refractivity contribution in [3.8, 4) is 33.8 Å². The van der Waals surface area contributed by atoms with Crippen molar-refractivity contribution in [1.29, 1.82) is 0 Å². The number of aromatic hydroxyl groups is 2. The lowest BCUT2D eigenvalue weighted by Gasteiger charge is -2.24. The number of phenols is 2. The molecule has 8 rings (SSSR count). The highest BCUT2D eigenvalue weighted by atomic mass is 32.2. The number of fused-ring (bicyclic) bond motifs is 4. The van der Waals surface area contributed by atoms with Gasteiger partial charge >= 0.3 is 0 Å². The fraction of sp³-hybridized carbons (Fsp3) is 0.231. The SMILES string of the molecule is CC(C)(C)c1cc(CSCCSCc2cc(C(C)(C)C)cc(-c3c4ccccc4cc4ccccc34)c2O)c(O)c(-c2c3ccccc3cc3ccccc23)c1. The van der Waals surface area contributed by atoms with E-state index in [-0.39, 0.29) is 10.8 Å². The van der Waals surface area contributed by atoms with Crippen LogP contribution in [0.25, 0.3) is 65.3 Å². The Bertz CT molecular complexity index is 2450. The van der Waals surface area contributed by atoms with Gasteiger partial charge in [0.05, 0.1) is 0 Å². The molecule has 0 saturated heterocycles. The second-order valence-electron chi connectivity index (χ2n) is 17.1. The number of hydrogen-bond donors (Lipinski definition) is 2. The molecule has 56 heavy (non-hydrogen) atoms. The van der Waals surface area contributed by atoms with E-state index in [9.17, 15) is 10.2 Å². The maximum Gasteiger partial charge on any atom is 0.127 e. The molecule has 0 aliphatic carbocycles. The Balaban J connectivity index is 1.06. The van der Waals surface area contributed by atoms with Crippen molar-refractivity contribution >= 4 is 66.6 Å². The van der Waals surface area contributed by atoms with Gasteiger partial charge in [0.25, 0.3) is 0 Å². The smallest absolute Gasteiger partial charge is 0.127 e. The van der Waals surface area contributed by atoms with E-state index in [1.54, 1.807) is 0 Å². The third-order valence-corrected chi connectivity index (χ3v) is 13.4. The topological polar surface area (TPSA) is 40.5 Å². The predicted octanol–water partition coefficient (Wildman–Crippen LogP) is 14.8. The van der Waals surface area contributed by atoms with Gasteiger partial charge in [0.15, 0.2) is 0 Å². The average molecular weight is 771 g/mol. The second kappa shape index (κ2) is 15.2. The molecule has 0 heterocycles. The molecule has 0 bridgehead atoms. The van der Waals surface area contributed by atoms with Crippen molar-refractivity contribution in [2.75, 3.05) is 11.5 Å². The third kappa shape index (κ3) is 7.38. The molecule has 282 valence electrons. The summed E-state index contributed by atoms with van der Waals surface area (Å²) in [5, 5.41) is 33.4. The summed E-state index contributed by atoms with van der Waals surface area (Å²) in [7, 11) is 0. The number of phenolic OH excluding ortho intramolecular Hbond substituents is 2. The van der Waals surface area contributed by atoms with Gasteiger partial charge in [-0.05, 0) is 89.3 Å². The Labute approximate surface area is 340 Å². The molecule has 0 amide bonds. The van der Waals surface area contributed by atoms with Crippen molar-refractivity contribution in [3.63, 3.8) is 0 Å². The molecule has 0 fully saturated rings. The van der Waals surface area contributed by atoms with Crippen LogP contribution in [0.3, 0.4) is 0 Å². The highest BCUT2D eigenvalue weighted by Gasteiger charge is 2.24. The molecule has 0 saturated carbocycles. The highest BCUT2D eigenvalue weighted by molar-refractivity contribution is 8.02. The number of benzene rings is 8. The molecular weight excluding hydrogens is 721 g/mol. The van der Waals surface area contributed by atoms with Gasteiger partial charge in [-0.15, -0.1) is 0 Å². The minimum Gasteiger partial charge on any atom is -0.507 e. The van der Waals surface area contributed by atoms with Gasteiger partial charge in [-0.3, -0.25) is 0 Å². The first-order valence-electron chi connectivity index (χ1n) is 19.6. The zero-order chi connectivity index (χ0) is 39.2. The van der Waals surface area contributed by atoms with Gasteiger partial charge in [-0.2, -0.15) is 23.5 Å². The standard InChI is InChI=1S/C52H50O2S2/c1-51(2,3)39-27-37(49(53)45(29-39)47-41-19-11-7-15-33(41)25-34-16-8-12-20-42(34)47)31-55-23-24-56-32-38-28-40(52(4,5)6)30-46(50(38)54)48-43-21-13-9-17-35(43)26-36-18-10-14-22-44(36)48/h7-22,25-30,53-54H,23-24,31-32H2,1-6H3. The van der Waals surface area contributed by atoms with E-state index < -0.39 is 0 Å². The quantitative estimate of drug-likeness (QED) is 0.113. The van der Waals surface area contributed by atoms with Crippen LogP contribution in [0.15, 0.2) is 133 Å². The summed E-state index contributed by atoms with van der Waals surface area (Å²) in [5.41, 5.74) is 8.21. The molecule has 4 heteroatoms. The van der Waals surface area contributed by atoms with E-state index in [2.05, 4.69) is 175 Å². The van der Waals surface area contributed by atoms with Gasteiger partial charge in [0, 0.05) is 56.4 Å². The van der Waals surface area contributed by atoms with Crippen LogP contribution in [-0.4, -0.2) is 21.7 Å². The van der Waals surface area contributed by atoms with Gasteiger partial charge in [0.2, 0.25) is 0 Å². The normalized spacial score (nSPS) is 12.3. The predicted molar refractivity (Wildman–Crippen MR) is 247 cm³/mol. The van der Waals surface area contributed by atoms with Crippen LogP contribution in [0, 0.1) is 0 Å². The van der Waals surface area contributed by atoms with E-state index in [1.807, 2.05) is 23.5 Å². The molecule has 0 atom stereocenters. The monoisotopic (exact) mass is 770 g/mol. The largest absolute Gasteiger partial charge is 0.507 e. The fourth-order valence-electron chi connectivity index (χ4n) is 7.95. The van der Waals surface area contributed by atoms with Gasteiger partial charge < -0.3 is 10.2 Å². The fourth-order valence-corrected chi connectivity index (χ4v) is 10.1. The van der Waals surface area contributed by atoms with E-state index >= 15 is 0 Å². The van der Waals surface area contributed by atoms with E-state index in [0.29, 0.717) is 11.5 Å². The van der Waals surface area contributed by atoms with Crippen molar-refractivity contribution in [3.05, 3.63) is 156 Å². The summed E-state index contributed by atoms with van der Waals surface area (Å²) >= 11 is 3.71. The Morgan fingerprint density at radius 1 is 0.411 bits per heavy atom. The molecule has 0 radical (unpaired) electrons. The van der Waals surface area contributed by atoms with E-state index in [1.165, 1.54) is 32.7 Å². The lowest BCUT2D eigenvalue weighted by atomic mass is 9.82. The summed E-state index contributed by atoms with van der Waals surface area (Å²) in [5.74, 6) is 4.03. The number of rotatable bonds is 9. The molecular formula is C52H50O2S2. The van der Waals surface area contributed by atoms with Gasteiger partial charge in [0.1, 0.15) is 11.5 Å². The molecule has 0 spiro atoms. The summed E-state index contributed by atoms with van der Waals surface area (Å²) in [6.45, 7) is 13.5. The van der Waals surface area contributed by atoms with Crippen molar-refractivity contribution in [2.24, 2.45) is 0 Å². The van der Waals surface area contributed by atoms with Gasteiger partial charge in [-0.25, -0.2) is 0 Å². The maximum atomic E-state index is 12.0. The Morgan fingerprint density at radius 3 is 1.02 bits per heavy atom. The lowest BCUT2D eigenvalue weighted by Crippen LogP contribution is -2.12. The molecule has 0 aliphatic rings. The first kappa shape index (κ1) is 38.0. The minimum atomic E-state index is -0.0844. The molecule has 0 unspecified atom stereocenters. The number of hydrogen-bond acceptors (Lipinski definition) is 4. The average Bonchev–Trinajstić information content (AvgIpc) is 3.18. The van der Waals surface area contributed by atoms with Crippen LogP contribution in [0.2, 0.25) is 0 Å². The van der Waals surface area contributed by atoms with Gasteiger partial charge in [-0.1, -0.05) is 151 Å². The highest BCUT2D eigenvalue weighted by Crippen LogP contribution is 2.46. The molecule has 8 aromatic rings. The Kier molecular flexibility index (Phi) is 10.3. The molecule has 8 aromatic carbocycles. The number of thioether (sulfide) groups is 2. The van der Waals surface area contributed by atoms with Crippen LogP contribution in [0.4, 0.5) is 0 Å². The van der Waals surface area contributed by atoms with Crippen LogP contribution in [0.1, 0.15) is 63.8 Å². The third-order valence-electron chi connectivity index (χ3n) is 11.1.